The molecule has 137 heavy (non-hydrogen) atoms. The molecule has 2 aliphatic rings. The van der Waals surface area contributed by atoms with E-state index in [4.69, 9.17) is 18.9 Å². The fraction of sp³-hybridized carbons (Fsp3) is 0.939. The number of hydrogen-bond acceptors (Lipinski definition) is 70. The Morgan fingerprint density at radius 1 is 0.255 bits per heavy atom. The van der Waals surface area contributed by atoms with E-state index in [-0.39, 0.29) is 505 Å². The summed E-state index contributed by atoms with van der Waals surface area (Å²) in [6.45, 7) is -12.6. The van der Waals surface area contributed by atoms with Crippen LogP contribution >= 0.6 is 0 Å². The van der Waals surface area contributed by atoms with E-state index in [9.17, 15) is 218 Å². The first-order chi connectivity index (χ1) is 53.8. The molecule has 18 atom stereocenters. The van der Waals surface area contributed by atoms with Gasteiger partial charge in [0.25, 0.3) is 0 Å². The molecule has 0 aliphatic carbocycles. The summed E-state index contributed by atoms with van der Waals surface area (Å²) in [7, 11) is -108. The van der Waals surface area contributed by atoms with Gasteiger partial charge in [-0.15, -0.1) is 0 Å². The Kier molecular flexibility index (Phi) is 104. The van der Waals surface area contributed by atoms with E-state index in [1.54, 1.807) is 0 Å². The van der Waals surface area contributed by atoms with E-state index in [0.717, 1.165) is 0 Å². The van der Waals surface area contributed by atoms with Crippen LogP contribution in [-0.4, -0.2) is 369 Å². The summed E-state index contributed by atoms with van der Waals surface area (Å²) >= 11 is 0. The number of aliphatic imine (C=N–C) groups is 2. The van der Waals surface area contributed by atoms with Crippen LogP contribution in [-0.2, 0) is 252 Å². The Bertz CT molecular complexity index is 5250. The van der Waals surface area contributed by atoms with Crippen molar-refractivity contribution < 1.29 is 777 Å². The van der Waals surface area contributed by atoms with E-state index >= 15 is 0 Å². The summed E-state index contributed by atoms with van der Waals surface area (Å²) < 4.78 is 651. The van der Waals surface area contributed by atoms with Crippen molar-refractivity contribution in [3.63, 3.8) is 0 Å². The van der Waals surface area contributed by atoms with E-state index in [2.05, 4.69) is 76.9 Å². The molecule has 2 fully saturated rings. The molecule has 2 rings (SSSR count). The van der Waals surface area contributed by atoms with Crippen LogP contribution in [0.3, 0.4) is 0 Å². The molecule has 2 aliphatic heterocycles. The zero-order chi connectivity index (χ0) is 94.3. The number of hydrogen-bond donors (Lipinski definition) is 2. The van der Waals surface area contributed by atoms with Gasteiger partial charge in [0, 0.05) is 13.1 Å². The van der Waals surface area contributed by atoms with Crippen molar-refractivity contribution >= 4 is 178 Å². The van der Waals surface area contributed by atoms with Crippen LogP contribution in [0, 0.1) is 0 Å². The summed E-state index contributed by atoms with van der Waals surface area (Å²) in [6.07, 6.45) is -73.6. The maximum absolute atomic E-state index is 13.8. The van der Waals surface area contributed by atoms with Gasteiger partial charge in [-0.25, -0.2) is 126 Å². The predicted octanol–water partition coefficient (Wildman–Crippen LogP) is -65.7. The van der Waals surface area contributed by atoms with E-state index < -0.39 is 341 Å². The topological polar surface area (TPSA) is 1160 Å². The second kappa shape index (κ2) is 78.2. The van der Waals surface area contributed by atoms with Crippen LogP contribution in [0.5, 0.6) is 0 Å². The van der Waals surface area contributed by atoms with Gasteiger partial charge < -0.3 is 103 Å². The van der Waals surface area contributed by atoms with Crippen molar-refractivity contribution in [3.8, 4) is 0 Å². The monoisotopic (exact) mass is 2470 g/mol. The molecule has 2 N–H and O–H groups in total. The van der Waals surface area contributed by atoms with Crippen molar-refractivity contribution in [1.82, 2.24) is 0 Å². The number of ether oxygens (including phenoxy) is 4. The van der Waals surface area contributed by atoms with Gasteiger partial charge in [-0.2, -0.15) is 16.8 Å². The first kappa shape index (κ1) is 182. The van der Waals surface area contributed by atoms with Gasteiger partial charge in [-0.05, 0) is 24.6 Å². The first-order valence-corrected chi connectivity index (χ1v) is 50.3. The second-order valence-electron chi connectivity index (χ2n) is 21.7. The molecular formula is C33H46N2Na16O70S16. The summed E-state index contributed by atoms with van der Waals surface area (Å²) in [5, 5.41) is 27.7. The minimum atomic E-state index is -7.07. The van der Waals surface area contributed by atoms with Gasteiger partial charge in [0.2, 0.25) is 146 Å². The van der Waals surface area contributed by atoms with E-state index in [0.29, 0.717) is 0 Å². The fourth-order valence-corrected chi connectivity index (χ4v) is 16.2. The van der Waals surface area contributed by atoms with Gasteiger partial charge in [0.05, 0.1) is 26.4 Å². The summed E-state index contributed by atoms with van der Waals surface area (Å²) in [5.74, 6) is -5.25. The fourth-order valence-electron chi connectivity index (χ4n) is 9.27. The molecule has 720 valence electrons. The molecule has 2 saturated heterocycles. The Morgan fingerprint density at radius 3 is 0.664 bits per heavy atom. The van der Waals surface area contributed by atoms with Gasteiger partial charge >= 0.3 is 494 Å². The largest absolute Gasteiger partial charge is 1.00 e. The molecule has 0 saturated carbocycles. The van der Waals surface area contributed by atoms with Crippen molar-refractivity contribution in [2.24, 2.45) is 9.98 Å². The summed E-state index contributed by atoms with van der Waals surface area (Å²) in [4.78, 5) is 6.22. The van der Waals surface area contributed by atoms with Crippen molar-refractivity contribution in [3.05, 3.63) is 0 Å². The molecule has 104 heteroatoms. The summed E-state index contributed by atoms with van der Waals surface area (Å²) in [5.41, 5.74) is 0. The van der Waals surface area contributed by atoms with Crippen LogP contribution in [0.25, 0.3) is 0 Å². The van der Waals surface area contributed by atoms with Gasteiger partial charge in [-0.3, -0.25) is 67.7 Å². The van der Waals surface area contributed by atoms with Crippen molar-refractivity contribution in [2.45, 2.75) is 155 Å². The Labute approximate surface area is 1140 Å². The number of nitrogens with zero attached hydrogens (tertiary/aromatic N) is 2. The van der Waals surface area contributed by atoms with Gasteiger partial charge in [0.15, 0.2) is 24.8 Å². The molecule has 1 unspecified atom stereocenters. The smallest absolute Gasteiger partial charge is 0.860 e. The molecule has 72 nitrogen and oxygen atoms in total. The third kappa shape index (κ3) is 88.0. The van der Waals surface area contributed by atoms with Crippen LogP contribution in [0.2, 0.25) is 0 Å². The quantitative estimate of drug-likeness (QED) is 0.0143. The molecule has 0 aromatic carbocycles. The third-order valence-electron chi connectivity index (χ3n) is 12.9. The number of rotatable bonds is 58. The average Bonchev–Trinajstić information content (AvgIpc) is 0.764. The molecule has 0 amide bonds. The molecule has 0 aromatic heterocycles. The maximum atomic E-state index is 13.8. The van der Waals surface area contributed by atoms with Gasteiger partial charge in [-0.1, -0.05) is 32.1 Å². The third-order valence-corrected chi connectivity index (χ3v) is 20.1. The van der Waals surface area contributed by atoms with Crippen LogP contribution < -0.4 is 483 Å². The predicted molar refractivity (Wildman–Crippen MR) is 325 cm³/mol. The average molecular weight is 2470 g/mol. The Morgan fingerprint density at radius 2 is 0.467 bits per heavy atom. The van der Waals surface area contributed by atoms with Gasteiger partial charge in [0.1, 0.15) is 85.5 Å². The minimum absolute atomic E-state index is 0. The SMILES string of the molecule is O=S(=O)([O-])OC[C@H](OS(=O)(=O)[O-])[C@H](O[C@H]1O[C@H](COS(=O)(=O)[O-])[C@H](OS(=O)(=O)[O-])[C@H](OS(=O)(=O)[O-])[C@@H]1OS(=O)(=O)O)[C@H](OS(=O)(=O)[O-])[C@@H](OS(=O)(=O)[O-])C([O-])=NCCCCCCCCCN=C([O-])[C@@H](OS(=O)(=O)[O-])[C@@H](OS(=O)(=O)[O-])[C@@H](O[C@@H]1O[C@@H](COS(=O)(=O)[O-])[C@@H](OS(=O)(=O)[O-])[C@H](OS(=O)(=O)[O-])C1OS(=O)(=O)O)[C@@H](COS(=O)(=O)[O-])OS(=O)(=O)[O-].[Na+].[Na+].[Na+].[Na+].[Na+].[Na+].[Na+].[Na+].[Na+].[Na+].[Na+].[Na+].[Na+].[Na+].[Na+].[Na+]. The van der Waals surface area contributed by atoms with Crippen molar-refractivity contribution in [1.29, 1.82) is 0 Å². The zero-order valence-electron chi connectivity index (χ0n) is 72.7. The molecular weight excluding hydrogens is 2430 g/mol. The zero-order valence-corrected chi connectivity index (χ0v) is 118. The van der Waals surface area contributed by atoms with Crippen LogP contribution in [0.1, 0.15) is 44.9 Å². The maximum Gasteiger partial charge on any atom is 1.00 e. The molecule has 2 heterocycles. The van der Waals surface area contributed by atoms with E-state index in [1.165, 1.54) is 0 Å². The molecule has 0 spiro atoms. The number of unbranched alkanes of at least 4 members (excludes halogenated alkanes) is 6. The molecule has 0 bridgehead atoms. The van der Waals surface area contributed by atoms with E-state index in [1.807, 2.05) is 0 Å². The second-order valence-corrected chi connectivity index (χ2v) is 38.1. The summed E-state index contributed by atoms with van der Waals surface area (Å²) in [6, 6.07) is 0. The minimum Gasteiger partial charge on any atom is -0.860 e. The Hall–Kier alpha value is 12.7. The molecule has 0 aromatic rings. The standard InChI is InChI=1S/C33H62N2O70S16.16Na/c36-30(26(102-118(74,75)76)22(98-114(62,63)64)18(16(94-110(50,51)52)12-88-108(44,45)46)92-32-28(104-120(80,81)82)24(100-116(68,69)70)20(96-112(56,57)58)14(90-32)10-86-106(38,39)40)34-8-6-4-2-1-3-5-7-9-35-31(37)27(103-119(77,78)79)23(99-115(65,66)67)19(17(95-111(53,54)55)13-89-109(47,48)49)93-33-29(105-121(83,84)85)25(101-117(71,72)73)21(97-113(59,60)61)15(91-33)11-87-107(41,42)43;;;;;;;;;;;;;;;;/h14-29,32-33H,1-13H2,(H,34,36)(H,35,37)(H,38,39,40)(H,41,42,43)(H,44,45,46)(H,47,48,49)(H,50,51,52)(H,53,54,55)(H,56,57,58)(H,59,60,61)(H,62,63,64)(H,65,66,67)(H,68,69,70)(H,71,72,73)(H,74,75,76)(H,77,78,79)(H,80,81,82)(H,83,84,85);;;;;;;;;;;;;;;;/q;16*+1/p-16/t14-,15+,16+,17-,18-,19-,20+,21-,22-,23-,24-,25-,26-,27+,28?,29-,32-,33+;;;;;;;;;;;;;;;;/m0................/s1. The van der Waals surface area contributed by atoms with Crippen molar-refractivity contribution in [2.75, 3.05) is 39.5 Å². The normalized spacial score (nSPS) is 21.3. The first-order valence-electron chi connectivity index (χ1n) is 28.9. The van der Waals surface area contributed by atoms with Crippen LogP contribution in [0.4, 0.5) is 0 Å². The Balaban J connectivity index is -0.000000716. The van der Waals surface area contributed by atoms with Crippen LogP contribution in [0.15, 0.2) is 9.98 Å². The molecule has 0 radical (unpaired) electrons.